The van der Waals surface area contributed by atoms with E-state index in [1.807, 2.05) is 39.0 Å². The van der Waals surface area contributed by atoms with E-state index < -0.39 is 11.4 Å². The number of carbonyl (C=O) groups excluding carboxylic acids is 2. The zero-order chi connectivity index (χ0) is 22.1. The van der Waals surface area contributed by atoms with Gasteiger partial charge in [-0.05, 0) is 58.6 Å². The Morgan fingerprint density at radius 3 is 2.48 bits per heavy atom. The Balaban J connectivity index is 1.21. The third-order valence-corrected chi connectivity index (χ3v) is 5.86. The summed E-state index contributed by atoms with van der Waals surface area (Å²) >= 11 is 0. The van der Waals surface area contributed by atoms with E-state index in [1.165, 1.54) is 0 Å². The molecule has 0 atom stereocenters. The third kappa shape index (κ3) is 5.61. The van der Waals surface area contributed by atoms with Crippen LogP contribution in [-0.4, -0.2) is 54.0 Å². The van der Waals surface area contributed by atoms with Crippen molar-refractivity contribution >= 4 is 17.7 Å². The van der Waals surface area contributed by atoms with Crippen molar-refractivity contribution in [2.24, 2.45) is 0 Å². The van der Waals surface area contributed by atoms with Gasteiger partial charge in [-0.25, -0.2) is 4.79 Å². The van der Waals surface area contributed by atoms with Crippen LogP contribution in [0.3, 0.4) is 0 Å². The zero-order valence-electron chi connectivity index (χ0n) is 18.7. The number of hydrogen-bond donors (Lipinski definition) is 2. The summed E-state index contributed by atoms with van der Waals surface area (Å²) in [5.74, 6) is 0.893. The predicted molar refractivity (Wildman–Crippen MR) is 116 cm³/mol. The summed E-state index contributed by atoms with van der Waals surface area (Å²) in [6.45, 7) is 7.36. The van der Waals surface area contributed by atoms with Crippen LogP contribution in [0.5, 0.6) is 11.5 Å². The Labute approximate surface area is 183 Å². The standard InChI is InChI=1S/C23H33N3O5/c1-22(2,3)31-21(28)25-16-8-12-26(13-9-16)15-20(27)24-17-6-7-18-19(14-17)30-23(29-18)10-4-5-11-23/h6-7,14,16H,4-5,8-13,15H2,1-3H3,(H,24,27)(H,25,28). The van der Waals surface area contributed by atoms with Crippen molar-refractivity contribution in [1.82, 2.24) is 10.2 Å². The van der Waals surface area contributed by atoms with E-state index >= 15 is 0 Å². The van der Waals surface area contributed by atoms with Gasteiger partial charge >= 0.3 is 6.09 Å². The molecule has 1 aromatic rings. The topological polar surface area (TPSA) is 89.1 Å². The summed E-state index contributed by atoms with van der Waals surface area (Å²) in [6.07, 6.45) is 5.23. The number of alkyl carbamates (subject to hydrolysis) is 1. The van der Waals surface area contributed by atoms with E-state index in [0.29, 0.717) is 18.0 Å². The maximum atomic E-state index is 12.5. The Bertz CT molecular complexity index is 821. The number of nitrogens with zero attached hydrogens (tertiary/aromatic N) is 1. The number of hydrogen-bond acceptors (Lipinski definition) is 6. The maximum Gasteiger partial charge on any atom is 0.407 e. The summed E-state index contributed by atoms with van der Waals surface area (Å²) in [5, 5.41) is 5.88. The average molecular weight is 432 g/mol. The molecular weight excluding hydrogens is 398 g/mol. The van der Waals surface area contributed by atoms with Gasteiger partial charge in [0.05, 0.1) is 6.54 Å². The van der Waals surface area contributed by atoms with Gasteiger partial charge in [-0.1, -0.05) is 0 Å². The maximum absolute atomic E-state index is 12.5. The molecule has 0 aromatic heterocycles. The van der Waals surface area contributed by atoms with Crippen LogP contribution >= 0.6 is 0 Å². The molecule has 8 nitrogen and oxygen atoms in total. The van der Waals surface area contributed by atoms with Gasteiger partial charge in [0.1, 0.15) is 5.60 Å². The highest BCUT2D eigenvalue weighted by Crippen LogP contribution is 2.47. The molecule has 1 saturated heterocycles. The monoisotopic (exact) mass is 431 g/mol. The van der Waals surface area contributed by atoms with Crippen LogP contribution in [-0.2, 0) is 9.53 Å². The van der Waals surface area contributed by atoms with Gasteiger partial charge in [0.25, 0.3) is 5.79 Å². The summed E-state index contributed by atoms with van der Waals surface area (Å²) in [4.78, 5) is 26.6. The Kier molecular flexibility index (Phi) is 6.01. The van der Waals surface area contributed by atoms with Gasteiger partial charge in [0.2, 0.25) is 5.91 Å². The van der Waals surface area contributed by atoms with E-state index in [0.717, 1.165) is 57.4 Å². The smallest absolute Gasteiger partial charge is 0.407 e. The number of fused-ring (bicyclic) bond motifs is 1. The molecule has 3 aliphatic rings. The lowest BCUT2D eigenvalue weighted by Gasteiger charge is -2.32. The van der Waals surface area contributed by atoms with Crippen molar-refractivity contribution in [3.63, 3.8) is 0 Å². The first-order valence-corrected chi connectivity index (χ1v) is 11.2. The van der Waals surface area contributed by atoms with E-state index in [1.54, 1.807) is 0 Å². The molecule has 1 aliphatic carbocycles. The number of likely N-dealkylation sites (tertiary alicyclic amines) is 1. The molecule has 170 valence electrons. The first-order valence-electron chi connectivity index (χ1n) is 11.2. The highest BCUT2D eigenvalue weighted by atomic mass is 16.7. The second kappa shape index (κ2) is 8.57. The third-order valence-electron chi connectivity index (χ3n) is 5.86. The number of anilines is 1. The number of carbonyl (C=O) groups is 2. The van der Waals surface area contributed by atoms with Crippen LogP contribution in [0, 0.1) is 0 Å². The first-order chi connectivity index (χ1) is 14.7. The van der Waals surface area contributed by atoms with Crippen molar-refractivity contribution in [3.8, 4) is 11.5 Å². The molecule has 31 heavy (non-hydrogen) atoms. The van der Waals surface area contributed by atoms with Crippen molar-refractivity contribution in [2.75, 3.05) is 25.0 Å². The zero-order valence-corrected chi connectivity index (χ0v) is 18.7. The van der Waals surface area contributed by atoms with Gasteiger partial charge in [0, 0.05) is 43.7 Å². The van der Waals surface area contributed by atoms with E-state index in [9.17, 15) is 9.59 Å². The van der Waals surface area contributed by atoms with Crippen LogP contribution < -0.4 is 20.1 Å². The fourth-order valence-electron chi connectivity index (χ4n) is 4.40. The molecule has 2 fully saturated rings. The van der Waals surface area contributed by atoms with E-state index in [2.05, 4.69) is 15.5 Å². The first kappa shape index (κ1) is 21.7. The van der Waals surface area contributed by atoms with Crippen LogP contribution in [0.15, 0.2) is 18.2 Å². The Hall–Kier alpha value is -2.48. The quantitative estimate of drug-likeness (QED) is 0.756. The normalized spacial score (nSPS) is 20.6. The molecule has 2 amide bonds. The molecule has 2 aliphatic heterocycles. The molecule has 0 radical (unpaired) electrons. The van der Waals surface area contributed by atoms with Crippen LogP contribution in [0.25, 0.3) is 0 Å². The van der Waals surface area contributed by atoms with Crippen molar-refractivity contribution in [3.05, 3.63) is 18.2 Å². The SMILES string of the molecule is CC(C)(C)OC(=O)NC1CCN(CC(=O)Nc2ccc3c(c2)OC2(CCCC2)O3)CC1. The molecule has 1 spiro atoms. The van der Waals surface area contributed by atoms with Gasteiger partial charge in [-0.3, -0.25) is 9.69 Å². The lowest BCUT2D eigenvalue weighted by Crippen LogP contribution is -2.47. The average Bonchev–Trinajstić information content (AvgIpc) is 3.27. The summed E-state index contributed by atoms with van der Waals surface area (Å²) in [7, 11) is 0. The minimum absolute atomic E-state index is 0.0620. The van der Waals surface area contributed by atoms with Gasteiger partial charge in [-0.2, -0.15) is 0 Å². The van der Waals surface area contributed by atoms with Crippen LogP contribution in [0.2, 0.25) is 0 Å². The molecule has 4 rings (SSSR count). The van der Waals surface area contributed by atoms with Gasteiger partial charge in [-0.15, -0.1) is 0 Å². The van der Waals surface area contributed by atoms with Gasteiger partial charge < -0.3 is 24.8 Å². The molecule has 2 heterocycles. The lowest BCUT2D eigenvalue weighted by molar-refractivity contribution is -0.117. The molecular formula is C23H33N3O5. The van der Waals surface area contributed by atoms with E-state index in [4.69, 9.17) is 14.2 Å². The number of amides is 2. The number of benzene rings is 1. The van der Waals surface area contributed by atoms with Crippen molar-refractivity contribution < 1.29 is 23.8 Å². The molecule has 8 heteroatoms. The number of nitrogens with one attached hydrogen (secondary N) is 2. The van der Waals surface area contributed by atoms with Crippen LogP contribution in [0.4, 0.5) is 10.5 Å². The predicted octanol–water partition coefficient (Wildman–Crippen LogP) is 3.66. The fourth-order valence-corrected chi connectivity index (χ4v) is 4.40. The minimum atomic E-state index is -0.505. The van der Waals surface area contributed by atoms with Crippen molar-refractivity contribution in [1.29, 1.82) is 0 Å². The lowest BCUT2D eigenvalue weighted by atomic mass is 10.1. The highest BCUT2D eigenvalue weighted by molar-refractivity contribution is 5.92. The number of rotatable bonds is 4. The van der Waals surface area contributed by atoms with Crippen molar-refractivity contribution in [2.45, 2.75) is 76.7 Å². The second-order valence-electron chi connectivity index (χ2n) is 9.73. The summed E-state index contributed by atoms with van der Waals surface area (Å²) in [5.41, 5.74) is 0.207. The second-order valence-corrected chi connectivity index (χ2v) is 9.73. The summed E-state index contributed by atoms with van der Waals surface area (Å²) in [6, 6.07) is 5.64. The van der Waals surface area contributed by atoms with Crippen LogP contribution in [0.1, 0.15) is 59.3 Å². The fraction of sp³-hybridized carbons (Fsp3) is 0.652. The largest absolute Gasteiger partial charge is 0.448 e. The molecule has 1 saturated carbocycles. The minimum Gasteiger partial charge on any atom is -0.448 e. The van der Waals surface area contributed by atoms with E-state index in [-0.39, 0.29) is 18.0 Å². The molecule has 0 unspecified atom stereocenters. The summed E-state index contributed by atoms with van der Waals surface area (Å²) < 4.78 is 17.4. The molecule has 0 bridgehead atoms. The molecule has 1 aromatic carbocycles. The Morgan fingerprint density at radius 1 is 1.13 bits per heavy atom. The van der Waals surface area contributed by atoms with Gasteiger partial charge in [0.15, 0.2) is 11.5 Å². The number of ether oxygens (including phenoxy) is 3. The Morgan fingerprint density at radius 2 is 1.81 bits per heavy atom. The molecule has 2 N–H and O–H groups in total. The number of piperidine rings is 1. The highest BCUT2D eigenvalue weighted by Gasteiger charge is 2.44.